The van der Waals surface area contributed by atoms with Gasteiger partial charge in [-0.1, -0.05) is 6.92 Å². The smallest absolute Gasteiger partial charge is 0.0528 e. The van der Waals surface area contributed by atoms with E-state index in [9.17, 15) is 0 Å². The fourth-order valence-corrected chi connectivity index (χ4v) is 0.527. The fraction of sp³-hybridized carbons (Fsp3) is 0.333. The van der Waals surface area contributed by atoms with Crippen molar-refractivity contribution in [3.8, 4) is 0 Å². The Labute approximate surface area is 79.0 Å². The highest BCUT2D eigenvalue weighted by molar-refractivity contribution is 5.85. The zero-order valence-electron chi connectivity index (χ0n) is 6.36. The molecule has 1 aromatic heterocycles. The molecule has 0 bridgehead atoms. The summed E-state index contributed by atoms with van der Waals surface area (Å²) < 4.78 is 0. The monoisotopic (exact) mass is 197 g/mol. The van der Waals surface area contributed by atoms with E-state index in [1.165, 1.54) is 5.56 Å². The Hall–Kier alpha value is -0.380. The van der Waals surface area contributed by atoms with Gasteiger partial charge in [0.05, 0.1) is 6.20 Å². The van der Waals surface area contributed by atoms with Crippen molar-refractivity contribution in [2.45, 2.75) is 13.3 Å². The third-order valence-electron chi connectivity index (χ3n) is 1.05. The molecule has 0 aliphatic carbocycles. The molecular formula is C6H13Cl2N3. The molecule has 0 radical (unpaired) electrons. The topological polar surface area (TPSA) is 60.8 Å². The molecule has 0 atom stereocenters. The molecule has 0 unspecified atom stereocenters. The highest BCUT2D eigenvalue weighted by Crippen LogP contribution is 1.91. The predicted octanol–water partition coefficient (Wildman–Crippen LogP) is 2.04. The minimum Gasteiger partial charge on any atom is -0.344 e. The molecule has 11 heavy (non-hydrogen) atoms. The Bertz CT molecular complexity index is 157. The third-order valence-corrected chi connectivity index (χ3v) is 1.05. The molecule has 3 N–H and O–H groups in total. The van der Waals surface area contributed by atoms with Gasteiger partial charge in [-0.3, -0.25) is 0 Å². The van der Waals surface area contributed by atoms with Crippen LogP contribution in [0.5, 0.6) is 0 Å². The first-order valence-corrected chi connectivity index (χ1v) is 2.69. The molecule has 0 aromatic carbocycles. The van der Waals surface area contributed by atoms with Crippen LogP contribution < -0.4 is 6.15 Å². The van der Waals surface area contributed by atoms with Crippen LogP contribution in [-0.4, -0.2) is 10.2 Å². The summed E-state index contributed by atoms with van der Waals surface area (Å²) in [5.74, 6) is 0. The summed E-state index contributed by atoms with van der Waals surface area (Å²) in [5, 5.41) is 7.35. The molecular weight excluding hydrogens is 185 g/mol. The highest BCUT2D eigenvalue weighted by Gasteiger charge is 1.82. The lowest BCUT2D eigenvalue weighted by molar-refractivity contribution is 0.983. The summed E-state index contributed by atoms with van der Waals surface area (Å²) in [6, 6.07) is 1.97. The molecule has 66 valence electrons. The Morgan fingerprint density at radius 2 is 1.91 bits per heavy atom. The zero-order chi connectivity index (χ0) is 5.82. The number of rotatable bonds is 1. The van der Waals surface area contributed by atoms with Crippen molar-refractivity contribution >= 4 is 24.8 Å². The van der Waals surface area contributed by atoms with Gasteiger partial charge in [-0.2, -0.15) is 10.2 Å². The van der Waals surface area contributed by atoms with Gasteiger partial charge in [-0.05, 0) is 18.1 Å². The molecule has 0 aliphatic heterocycles. The molecule has 0 saturated heterocycles. The van der Waals surface area contributed by atoms with Crippen molar-refractivity contribution in [1.29, 1.82) is 0 Å². The Kier molecular flexibility index (Phi) is 14.8. The van der Waals surface area contributed by atoms with E-state index in [0.29, 0.717) is 0 Å². The maximum absolute atomic E-state index is 3.71. The summed E-state index contributed by atoms with van der Waals surface area (Å²) in [6.45, 7) is 2.09. The molecule has 5 heteroatoms. The average molecular weight is 198 g/mol. The number of nitrogens with zero attached hydrogens (tertiary/aromatic N) is 2. The Balaban J connectivity index is -0.000000213. The molecule has 1 heterocycles. The van der Waals surface area contributed by atoms with Gasteiger partial charge in [0.1, 0.15) is 0 Å². The summed E-state index contributed by atoms with van der Waals surface area (Å²) in [6.07, 6.45) is 4.52. The van der Waals surface area contributed by atoms with Crippen molar-refractivity contribution in [2.24, 2.45) is 0 Å². The normalized spacial score (nSPS) is 6.64. The fourth-order valence-electron chi connectivity index (χ4n) is 0.527. The maximum atomic E-state index is 3.71. The molecule has 1 aromatic rings. The van der Waals surface area contributed by atoms with E-state index in [4.69, 9.17) is 0 Å². The molecule has 3 nitrogen and oxygen atoms in total. The van der Waals surface area contributed by atoms with Gasteiger partial charge in [0, 0.05) is 6.20 Å². The van der Waals surface area contributed by atoms with E-state index in [2.05, 4.69) is 17.1 Å². The molecule has 1 rings (SSSR count). The van der Waals surface area contributed by atoms with Crippen LogP contribution in [0.3, 0.4) is 0 Å². The van der Waals surface area contributed by atoms with Crippen LogP contribution in [0.15, 0.2) is 18.5 Å². The van der Waals surface area contributed by atoms with Crippen LogP contribution in [-0.2, 0) is 6.42 Å². The molecule has 0 spiro atoms. The average Bonchev–Trinajstić information content (AvgIpc) is 1.90. The van der Waals surface area contributed by atoms with Gasteiger partial charge < -0.3 is 6.15 Å². The second kappa shape index (κ2) is 9.62. The molecule has 0 saturated carbocycles. The Morgan fingerprint density at radius 3 is 2.18 bits per heavy atom. The van der Waals surface area contributed by atoms with Crippen molar-refractivity contribution in [3.05, 3.63) is 24.0 Å². The van der Waals surface area contributed by atoms with Crippen LogP contribution in [0.25, 0.3) is 0 Å². The summed E-state index contributed by atoms with van der Waals surface area (Å²) in [4.78, 5) is 0. The van der Waals surface area contributed by atoms with Crippen molar-refractivity contribution in [2.75, 3.05) is 0 Å². The second-order valence-corrected chi connectivity index (χ2v) is 1.60. The lowest BCUT2D eigenvalue weighted by atomic mass is 10.2. The Morgan fingerprint density at radius 1 is 1.27 bits per heavy atom. The SMILES string of the molecule is CCc1ccnnc1.Cl.Cl.N. The van der Waals surface area contributed by atoms with Crippen LogP contribution >= 0.6 is 24.8 Å². The van der Waals surface area contributed by atoms with Crippen LogP contribution in [0.2, 0.25) is 0 Å². The molecule has 0 fully saturated rings. The molecule has 0 aliphatic rings. The quantitative estimate of drug-likeness (QED) is 0.750. The standard InChI is InChI=1S/C6H8N2.2ClH.H3N/c1-2-6-3-4-7-8-5-6;;;/h3-5H,2H2,1H3;2*1H;1H3. The van der Waals surface area contributed by atoms with Gasteiger partial charge in [0.2, 0.25) is 0 Å². The van der Waals surface area contributed by atoms with E-state index < -0.39 is 0 Å². The summed E-state index contributed by atoms with van der Waals surface area (Å²) >= 11 is 0. The summed E-state index contributed by atoms with van der Waals surface area (Å²) in [7, 11) is 0. The second-order valence-electron chi connectivity index (χ2n) is 1.60. The lowest BCUT2D eigenvalue weighted by Crippen LogP contribution is -1.82. The van der Waals surface area contributed by atoms with E-state index in [-0.39, 0.29) is 31.0 Å². The molecule has 0 amide bonds. The van der Waals surface area contributed by atoms with Crippen molar-refractivity contribution in [3.63, 3.8) is 0 Å². The van der Waals surface area contributed by atoms with Crippen LogP contribution in [0, 0.1) is 0 Å². The van der Waals surface area contributed by atoms with Crippen molar-refractivity contribution in [1.82, 2.24) is 16.3 Å². The van der Waals surface area contributed by atoms with E-state index >= 15 is 0 Å². The van der Waals surface area contributed by atoms with Crippen LogP contribution in [0.1, 0.15) is 12.5 Å². The first-order chi connectivity index (χ1) is 3.93. The predicted molar refractivity (Wildman–Crippen MR) is 50.9 cm³/mol. The van der Waals surface area contributed by atoms with Gasteiger partial charge in [-0.15, -0.1) is 24.8 Å². The maximum Gasteiger partial charge on any atom is 0.0528 e. The lowest BCUT2D eigenvalue weighted by Gasteiger charge is -1.87. The number of halogens is 2. The largest absolute Gasteiger partial charge is 0.344 e. The number of aromatic nitrogens is 2. The third kappa shape index (κ3) is 6.04. The highest BCUT2D eigenvalue weighted by atomic mass is 35.5. The van der Waals surface area contributed by atoms with Crippen molar-refractivity contribution < 1.29 is 0 Å². The van der Waals surface area contributed by atoms with Gasteiger partial charge in [0.25, 0.3) is 0 Å². The number of hydrogen-bond acceptors (Lipinski definition) is 3. The zero-order valence-corrected chi connectivity index (χ0v) is 7.99. The van der Waals surface area contributed by atoms with Crippen LogP contribution in [0.4, 0.5) is 0 Å². The van der Waals surface area contributed by atoms with E-state index in [0.717, 1.165) is 6.42 Å². The number of aryl methyl sites for hydroxylation is 1. The van der Waals surface area contributed by atoms with E-state index in [1.54, 1.807) is 12.4 Å². The van der Waals surface area contributed by atoms with Gasteiger partial charge in [-0.25, -0.2) is 0 Å². The first-order valence-electron chi connectivity index (χ1n) is 2.69. The first kappa shape index (κ1) is 16.9. The van der Waals surface area contributed by atoms with E-state index in [1.807, 2.05) is 6.07 Å². The summed E-state index contributed by atoms with van der Waals surface area (Å²) in [5.41, 5.74) is 1.24. The van der Waals surface area contributed by atoms with Gasteiger partial charge in [0.15, 0.2) is 0 Å². The minimum absolute atomic E-state index is 0. The minimum atomic E-state index is 0. The number of hydrogen-bond donors (Lipinski definition) is 1. The van der Waals surface area contributed by atoms with Gasteiger partial charge >= 0.3 is 0 Å².